The van der Waals surface area contributed by atoms with Crippen molar-refractivity contribution in [2.75, 3.05) is 0 Å². The van der Waals surface area contributed by atoms with E-state index in [1.165, 1.54) is 24.3 Å². The molecule has 122 valence electrons. The highest BCUT2D eigenvalue weighted by Crippen LogP contribution is 2.45. The van der Waals surface area contributed by atoms with Gasteiger partial charge in [0, 0.05) is 12.0 Å². The molecule has 6 heteroatoms. The minimum Gasteiger partial charge on any atom is -0.508 e. The zero-order chi connectivity index (χ0) is 16.6. The predicted octanol–water partition coefficient (Wildman–Crippen LogP) is 1.96. The number of hydrogen-bond donors (Lipinski definition) is 1. The average molecular weight is 318 g/mol. The standard InChI is InChI=1S/C10H10O3.C7H8O3/c1-7(2)10(12)13-9-5-3-8(11)4-6-9;8-7-4-1-3-2-5(10-7)6(4)9-3/h3-6,11H,1H2,2H3;3-6H,1-2H2. The van der Waals surface area contributed by atoms with Crippen LogP contribution in [0.2, 0.25) is 0 Å². The van der Waals surface area contributed by atoms with Crippen molar-refractivity contribution in [3.05, 3.63) is 36.4 Å². The van der Waals surface area contributed by atoms with Gasteiger partial charge in [0.05, 0.1) is 12.0 Å². The lowest BCUT2D eigenvalue weighted by molar-refractivity contribution is -0.143. The van der Waals surface area contributed by atoms with E-state index in [2.05, 4.69) is 6.58 Å². The van der Waals surface area contributed by atoms with Crippen molar-refractivity contribution in [2.45, 2.75) is 38.1 Å². The lowest BCUT2D eigenvalue weighted by atomic mass is 9.90. The van der Waals surface area contributed by atoms with Crippen LogP contribution in [-0.2, 0) is 19.1 Å². The van der Waals surface area contributed by atoms with Crippen molar-refractivity contribution < 1.29 is 28.9 Å². The summed E-state index contributed by atoms with van der Waals surface area (Å²) in [5.41, 5.74) is 0.341. The molecule has 0 saturated carbocycles. The lowest BCUT2D eigenvalue weighted by Gasteiger charge is -2.07. The Morgan fingerprint density at radius 2 is 2.00 bits per heavy atom. The molecular formula is C17H18O6. The first-order valence-corrected chi connectivity index (χ1v) is 7.46. The molecule has 1 aromatic carbocycles. The normalized spacial score (nSPS) is 29.5. The number of benzene rings is 1. The Hall–Kier alpha value is -2.34. The maximum Gasteiger partial charge on any atom is 0.338 e. The van der Waals surface area contributed by atoms with Gasteiger partial charge in [0.25, 0.3) is 0 Å². The maximum atomic E-state index is 11.0. The Labute approximate surface area is 133 Å². The number of carbonyl (C=O) groups is 2. The summed E-state index contributed by atoms with van der Waals surface area (Å²) in [6, 6.07) is 5.91. The predicted molar refractivity (Wildman–Crippen MR) is 79.8 cm³/mol. The van der Waals surface area contributed by atoms with Gasteiger partial charge in [-0.05, 0) is 37.6 Å². The monoisotopic (exact) mass is 318 g/mol. The van der Waals surface area contributed by atoms with E-state index in [-0.39, 0.29) is 29.8 Å². The third-order valence-electron chi connectivity index (χ3n) is 4.09. The number of aromatic hydroxyl groups is 1. The van der Waals surface area contributed by atoms with Crippen LogP contribution < -0.4 is 4.74 Å². The second-order valence-corrected chi connectivity index (χ2v) is 5.94. The van der Waals surface area contributed by atoms with Gasteiger partial charge in [-0.3, -0.25) is 4.79 Å². The second kappa shape index (κ2) is 6.04. The van der Waals surface area contributed by atoms with Gasteiger partial charge in [0.1, 0.15) is 23.7 Å². The Morgan fingerprint density at radius 1 is 1.30 bits per heavy atom. The number of phenolic OH excluding ortho intramolecular Hbond substituents is 1. The lowest BCUT2D eigenvalue weighted by Crippen LogP contribution is -2.22. The van der Waals surface area contributed by atoms with Crippen molar-refractivity contribution in [1.82, 2.24) is 0 Å². The first-order valence-electron chi connectivity index (χ1n) is 7.46. The molecule has 4 atom stereocenters. The summed E-state index contributed by atoms with van der Waals surface area (Å²) in [5, 5.41) is 8.94. The Morgan fingerprint density at radius 3 is 2.52 bits per heavy atom. The van der Waals surface area contributed by atoms with Crippen LogP contribution in [0.1, 0.15) is 19.8 Å². The molecular weight excluding hydrogens is 300 g/mol. The van der Waals surface area contributed by atoms with E-state index in [9.17, 15) is 9.59 Å². The Bertz CT molecular complexity index is 633. The minimum atomic E-state index is -0.467. The zero-order valence-corrected chi connectivity index (χ0v) is 12.7. The smallest absolute Gasteiger partial charge is 0.338 e. The number of ether oxygens (including phenoxy) is 3. The minimum absolute atomic E-state index is 0.0324. The van der Waals surface area contributed by atoms with E-state index in [4.69, 9.17) is 19.3 Å². The van der Waals surface area contributed by atoms with Gasteiger partial charge >= 0.3 is 11.9 Å². The highest BCUT2D eigenvalue weighted by atomic mass is 16.6. The summed E-state index contributed by atoms with van der Waals surface area (Å²) < 4.78 is 15.4. The van der Waals surface area contributed by atoms with Gasteiger partial charge in [-0.1, -0.05) is 6.58 Å². The van der Waals surface area contributed by atoms with E-state index >= 15 is 0 Å². The quantitative estimate of drug-likeness (QED) is 0.510. The van der Waals surface area contributed by atoms with Crippen LogP contribution in [0.3, 0.4) is 0 Å². The van der Waals surface area contributed by atoms with Gasteiger partial charge in [-0.15, -0.1) is 0 Å². The molecule has 4 unspecified atom stereocenters. The van der Waals surface area contributed by atoms with Crippen LogP contribution in [0.4, 0.5) is 0 Å². The fourth-order valence-corrected chi connectivity index (χ4v) is 2.97. The van der Waals surface area contributed by atoms with E-state index in [1.807, 2.05) is 0 Å². The van der Waals surface area contributed by atoms with E-state index in [0.29, 0.717) is 17.4 Å². The maximum absolute atomic E-state index is 11.0. The molecule has 2 bridgehead atoms. The molecule has 0 radical (unpaired) electrons. The van der Waals surface area contributed by atoms with Crippen LogP contribution in [0.15, 0.2) is 36.4 Å². The zero-order valence-electron chi connectivity index (χ0n) is 12.7. The highest BCUT2D eigenvalue weighted by molar-refractivity contribution is 5.88. The van der Waals surface area contributed by atoms with E-state index < -0.39 is 5.97 Å². The van der Waals surface area contributed by atoms with Gasteiger partial charge in [-0.2, -0.15) is 0 Å². The van der Waals surface area contributed by atoms with Crippen molar-refractivity contribution in [3.63, 3.8) is 0 Å². The number of rotatable bonds is 2. The molecule has 6 nitrogen and oxygen atoms in total. The number of fused-ring (bicyclic) bond motifs is 1. The first-order chi connectivity index (χ1) is 10.9. The fraction of sp³-hybridized carbons (Fsp3) is 0.412. The largest absolute Gasteiger partial charge is 0.508 e. The summed E-state index contributed by atoms with van der Waals surface area (Å²) in [7, 11) is 0. The molecule has 0 aliphatic carbocycles. The van der Waals surface area contributed by atoms with Crippen LogP contribution in [-0.4, -0.2) is 35.4 Å². The van der Waals surface area contributed by atoms with Crippen molar-refractivity contribution >= 4 is 11.9 Å². The molecule has 23 heavy (non-hydrogen) atoms. The molecule has 1 N–H and O–H groups in total. The third-order valence-corrected chi connectivity index (χ3v) is 4.09. The molecule has 3 aliphatic heterocycles. The molecule has 3 fully saturated rings. The summed E-state index contributed by atoms with van der Waals surface area (Å²) in [4.78, 5) is 22.0. The topological polar surface area (TPSA) is 82.1 Å². The van der Waals surface area contributed by atoms with Gasteiger partial charge in [0.15, 0.2) is 0 Å². The number of carbonyl (C=O) groups excluding carboxylic acids is 2. The molecule has 3 heterocycles. The van der Waals surface area contributed by atoms with Crippen LogP contribution >= 0.6 is 0 Å². The number of hydrogen-bond acceptors (Lipinski definition) is 6. The number of phenols is 1. The Kier molecular flexibility index (Phi) is 4.09. The molecule has 4 rings (SSSR count). The van der Waals surface area contributed by atoms with Crippen LogP contribution in [0.5, 0.6) is 11.5 Å². The molecule has 0 amide bonds. The van der Waals surface area contributed by atoms with Crippen LogP contribution in [0, 0.1) is 5.92 Å². The van der Waals surface area contributed by atoms with Crippen molar-refractivity contribution in [3.8, 4) is 11.5 Å². The summed E-state index contributed by atoms with van der Waals surface area (Å²) in [6.07, 6.45) is 2.40. The van der Waals surface area contributed by atoms with Crippen LogP contribution in [0.25, 0.3) is 0 Å². The molecule has 1 aromatic rings. The SMILES string of the molecule is C=C(C)C(=O)Oc1ccc(O)cc1.O=C1OC2CC3CC1C2O3. The molecule has 0 aromatic heterocycles. The summed E-state index contributed by atoms with van der Waals surface area (Å²) in [6.45, 7) is 5.02. The molecule has 3 saturated heterocycles. The molecule has 0 spiro atoms. The van der Waals surface area contributed by atoms with Crippen molar-refractivity contribution in [1.29, 1.82) is 0 Å². The average Bonchev–Trinajstić information content (AvgIpc) is 3.13. The third kappa shape index (κ3) is 3.22. The number of esters is 2. The Balaban J connectivity index is 0.000000139. The molecule has 3 aliphatic rings. The van der Waals surface area contributed by atoms with E-state index in [1.54, 1.807) is 6.92 Å². The summed E-state index contributed by atoms with van der Waals surface area (Å²) in [5.74, 6) is 0.116. The van der Waals surface area contributed by atoms with Gasteiger partial charge in [0.2, 0.25) is 0 Å². The summed E-state index contributed by atoms with van der Waals surface area (Å²) >= 11 is 0. The van der Waals surface area contributed by atoms with Gasteiger partial charge < -0.3 is 19.3 Å². The van der Waals surface area contributed by atoms with Gasteiger partial charge in [-0.25, -0.2) is 4.79 Å². The fourth-order valence-electron chi connectivity index (χ4n) is 2.97. The highest BCUT2D eigenvalue weighted by Gasteiger charge is 2.57. The first kappa shape index (κ1) is 15.6. The van der Waals surface area contributed by atoms with E-state index in [0.717, 1.165) is 12.8 Å². The second-order valence-electron chi connectivity index (χ2n) is 5.94. The van der Waals surface area contributed by atoms with Crippen molar-refractivity contribution in [2.24, 2.45) is 5.92 Å².